The van der Waals surface area contributed by atoms with Crippen LogP contribution < -0.4 is 9.80 Å². The lowest BCUT2D eigenvalue weighted by atomic mass is 9.87. The smallest absolute Gasteiger partial charge is 0.225 e. The Balaban J connectivity index is 1.78. The Morgan fingerprint density at radius 1 is 0.913 bits per heavy atom. The number of rotatable bonds is 2. The maximum absolute atomic E-state index is 4.49. The second kappa shape index (κ2) is 6.10. The summed E-state index contributed by atoms with van der Waals surface area (Å²) in [5.41, 5.74) is 2.28. The van der Waals surface area contributed by atoms with Crippen molar-refractivity contribution in [2.24, 2.45) is 0 Å². The van der Waals surface area contributed by atoms with Crippen LogP contribution in [0.15, 0.2) is 24.5 Å². The molecule has 1 saturated heterocycles. The molecule has 3 rings (SSSR count). The van der Waals surface area contributed by atoms with Crippen molar-refractivity contribution in [2.75, 3.05) is 36.0 Å². The van der Waals surface area contributed by atoms with Gasteiger partial charge in [-0.05, 0) is 24.5 Å². The number of anilines is 2. The summed E-state index contributed by atoms with van der Waals surface area (Å²) in [5, 5.41) is 8.77. The van der Waals surface area contributed by atoms with Gasteiger partial charge in [-0.1, -0.05) is 20.8 Å². The van der Waals surface area contributed by atoms with Crippen LogP contribution in [0.1, 0.15) is 32.0 Å². The molecule has 23 heavy (non-hydrogen) atoms. The van der Waals surface area contributed by atoms with Gasteiger partial charge >= 0.3 is 0 Å². The molecule has 1 fully saturated rings. The fourth-order valence-electron chi connectivity index (χ4n) is 2.84. The summed E-state index contributed by atoms with van der Waals surface area (Å²) < 4.78 is 0. The number of aromatic nitrogens is 4. The lowest BCUT2D eigenvalue weighted by molar-refractivity contribution is 0.568. The molecule has 0 saturated carbocycles. The average Bonchev–Trinajstić information content (AvgIpc) is 2.55. The van der Waals surface area contributed by atoms with Crippen molar-refractivity contribution in [1.82, 2.24) is 20.2 Å². The van der Waals surface area contributed by atoms with Crippen molar-refractivity contribution in [3.63, 3.8) is 0 Å². The number of nitrogens with zero attached hydrogens (tertiary/aromatic N) is 6. The first kappa shape index (κ1) is 15.6. The monoisotopic (exact) mass is 312 g/mol. The summed E-state index contributed by atoms with van der Waals surface area (Å²) in [4.78, 5) is 13.2. The fraction of sp³-hybridized carbons (Fsp3) is 0.529. The Morgan fingerprint density at radius 2 is 1.52 bits per heavy atom. The van der Waals surface area contributed by atoms with Gasteiger partial charge in [-0.3, -0.25) is 0 Å². The van der Waals surface area contributed by atoms with Crippen LogP contribution in [0.2, 0.25) is 0 Å². The zero-order chi connectivity index (χ0) is 16.4. The summed E-state index contributed by atoms with van der Waals surface area (Å²) in [6.07, 6.45) is 3.58. The normalized spacial score (nSPS) is 15.8. The van der Waals surface area contributed by atoms with E-state index in [-0.39, 0.29) is 5.41 Å². The number of aryl methyl sites for hydroxylation is 1. The van der Waals surface area contributed by atoms with Crippen LogP contribution in [0.25, 0.3) is 0 Å². The standard InChI is InChI=1S/C17H24N6/c1-13-12-14(17(2,3)4)15(21-20-13)22-8-10-23(11-9-22)16-18-6-5-7-19-16/h5-7,12H,8-11H2,1-4H3. The molecule has 2 aromatic heterocycles. The van der Waals surface area contributed by atoms with Crippen molar-refractivity contribution >= 4 is 11.8 Å². The van der Waals surface area contributed by atoms with Crippen molar-refractivity contribution in [3.8, 4) is 0 Å². The quantitative estimate of drug-likeness (QED) is 0.847. The highest BCUT2D eigenvalue weighted by atomic mass is 15.3. The first-order chi connectivity index (χ1) is 10.9. The second-order valence-electron chi connectivity index (χ2n) is 7.00. The zero-order valence-electron chi connectivity index (χ0n) is 14.3. The highest BCUT2D eigenvalue weighted by Gasteiger charge is 2.26. The predicted octanol–water partition coefficient (Wildman–Crippen LogP) is 2.20. The van der Waals surface area contributed by atoms with Crippen molar-refractivity contribution < 1.29 is 0 Å². The minimum Gasteiger partial charge on any atom is -0.351 e. The van der Waals surface area contributed by atoms with Crippen LogP contribution in [0.5, 0.6) is 0 Å². The van der Waals surface area contributed by atoms with Crippen LogP contribution in [0.4, 0.5) is 11.8 Å². The van der Waals surface area contributed by atoms with E-state index in [0.29, 0.717) is 0 Å². The van der Waals surface area contributed by atoms with Gasteiger partial charge < -0.3 is 9.80 Å². The molecule has 2 aromatic rings. The summed E-state index contributed by atoms with van der Waals surface area (Å²) >= 11 is 0. The van der Waals surface area contributed by atoms with E-state index in [2.05, 4.69) is 56.8 Å². The van der Waals surface area contributed by atoms with Gasteiger partial charge in [0.2, 0.25) is 5.95 Å². The van der Waals surface area contributed by atoms with E-state index in [1.54, 1.807) is 12.4 Å². The van der Waals surface area contributed by atoms with Crippen molar-refractivity contribution in [2.45, 2.75) is 33.1 Å². The van der Waals surface area contributed by atoms with E-state index >= 15 is 0 Å². The molecule has 0 aromatic carbocycles. The minimum absolute atomic E-state index is 0.0513. The van der Waals surface area contributed by atoms with E-state index in [4.69, 9.17) is 0 Å². The third-order valence-electron chi connectivity index (χ3n) is 4.12. The van der Waals surface area contributed by atoms with Crippen LogP contribution in [0.3, 0.4) is 0 Å². The molecule has 1 aliphatic heterocycles. The fourth-order valence-corrected chi connectivity index (χ4v) is 2.84. The molecule has 0 N–H and O–H groups in total. The number of piperazine rings is 1. The molecular formula is C17H24N6. The number of hydrogen-bond donors (Lipinski definition) is 0. The van der Waals surface area contributed by atoms with Gasteiger partial charge in [0.25, 0.3) is 0 Å². The third kappa shape index (κ3) is 3.41. The molecule has 1 aliphatic rings. The second-order valence-corrected chi connectivity index (χ2v) is 7.00. The minimum atomic E-state index is 0.0513. The van der Waals surface area contributed by atoms with E-state index in [9.17, 15) is 0 Å². The molecule has 122 valence electrons. The first-order valence-corrected chi connectivity index (χ1v) is 8.07. The van der Waals surface area contributed by atoms with E-state index in [0.717, 1.165) is 43.6 Å². The van der Waals surface area contributed by atoms with Gasteiger partial charge in [0, 0.05) is 44.1 Å². The van der Waals surface area contributed by atoms with Crippen LogP contribution >= 0.6 is 0 Å². The van der Waals surface area contributed by atoms with Gasteiger partial charge in [0.05, 0.1) is 5.69 Å². The van der Waals surface area contributed by atoms with Gasteiger partial charge in [0.1, 0.15) is 0 Å². The molecule has 6 nitrogen and oxygen atoms in total. The Morgan fingerprint density at radius 3 is 2.13 bits per heavy atom. The van der Waals surface area contributed by atoms with Gasteiger partial charge in [-0.15, -0.1) is 5.10 Å². The highest BCUT2D eigenvalue weighted by molar-refractivity contribution is 5.51. The molecule has 0 radical (unpaired) electrons. The Labute approximate surface area is 137 Å². The Kier molecular flexibility index (Phi) is 4.15. The maximum atomic E-state index is 4.49. The van der Waals surface area contributed by atoms with Crippen molar-refractivity contribution in [1.29, 1.82) is 0 Å². The Bertz CT molecular complexity index is 657. The molecule has 0 aliphatic carbocycles. The van der Waals surface area contributed by atoms with E-state index in [1.807, 2.05) is 13.0 Å². The molecule has 0 bridgehead atoms. The van der Waals surface area contributed by atoms with Gasteiger partial charge in [-0.2, -0.15) is 5.10 Å². The summed E-state index contributed by atoms with van der Waals surface area (Å²) in [6, 6.07) is 4.01. The Hall–Kier alpha value is -2.24. The van der Waals surface area contributed by atoms with E-state index in [1.165, 1.54) is 5.56 Å². The van der Waals surface area contributed by atoms with E-state index < -0.39 is 0 Å². The van der Waals surface area contributed by atoms with Crippen molar-refractivity contribution in [3.05, 3.63) is 35.8 Å². The largest absolute Gasteiger partial charge is 0.351 e. The topological polar surface area (TPSA) is 58.0 Å². The molecule has 0 amide bonds. The lowest BCUT2D eigenvalue weighted by Gasteiger charge is -2.37. The summed E-state index contributed by atoms with van der Waals surface area (Å²) in [7, 11) is 0. The molecule has 0 atom stereocenters. The molecule has 0 unspecified atom stereocenters. The predicted molar refractivity (Wildman–Crippen MR) is 91.9 cm³/mol. The first-order valence-electron chi connectivity index (χ1n) is 8.07. The molecule has 6 heteroatoms. The molecule has 0 spiro atoms. The third-order valence-corrected chi connectivity index (χ3v) is 4.12. The van der Waals surface area contributed by atoms with Crippen LogP contribution in [0, 0.1) is 6.92 Å². The maximum Gasteiger partial charge on any atom is 0.225 e. The van der Waals surface area contributed by atoms with Gasteiger partial charge in [-0.25, -0.2) is 9.97 Å². The molecular weight excluding hydrogens is 288 g/mol. The van der Waals surface area contributed by atoms with Crippen LogP contribution in [-0.2, 0) is 5.41 Å². The molecule has 3 heterocycles. The summed E-state index contributed by atoms with van der Waals surface area (Å²) in [6.45, 7) is 12.3. The average molecular weight is 312 g/mol. The number of hydrogen-bond acceptors (Lipinski definition) is 6. The SMILES string of the molecule is Cc1cc(C(C)(C)C)c(N2CCN(c3ncccn3)CC2)nn1. The zero-order valence-corrected chi connectivity index (χ0v) is 14.3. The summed E-state index contributed by atoms with van der Waals surface area (Å²) in [5.74, 6) is 1.81. The lowest BCUT2D eigenvalue weighted by Crippen LogP contribution is -2.48. The van der Waals surface area contributed by atoms with Gasteiger partial charge in [0.15, 0.2) is 5.82 Å². The highest BCUT2D eigenvalue weighted by Crippen LogP contribution is 2.31. The van der Waals surface area contributed by atoms with Crippen LogP contribution in [-0.4, -0.2) is 46.3 Å².